The number of nitrogens with one attached hydrogen (secondary N) is 1. The van der Waals surface area contributed by atoms with E-state index in [0.717, 1.165) is 30.7 Å². The van der Waals surface area contributed by atoms with Gasteiger partial charge in [-0.3, -0.25) is 4.79 Å². The average Bonchev–Trinajstić information content (AvgIpc) is 2.98. The maximum absolute atomic E-state index is 12.2. The molecule has 1 fully saturated rings. The number of thiazole rings is 1. The minimum atomic E-state index is -0.196. The summed E-state index contributed by atoms with van der Waals surface area (Å²) in [5, 5.41) is 5.94. The number of carbonyl (C=O) groups is 1. The molecule has 1 amide bonds. The molecule has 0 spiro atoms. The van der Waals surface area contributed by atoms with Gasteiger partial charge in [0.2, 0.25) is 0 Å². The number of hydrogen-bond donors (Lipinski definition) is 2. The fourth-order valence-electron chi connectivity index (χ4n) is 2.39. The number of aromatic nitrogens is 1. The van der Waals surface area contributed by atoms with Crippen LogP contribution in [0.1, 0.15) is 60.9 Å². The Balaban J connectivity index is 0.00000180. The first-order valence-electron chi connectivity index (χ1n) is 6.54. The topological polar surface area (TPSA) is 68.0 Å². The molecule has 1 heterocycles. The van der Waals surface area contributed by atoms with Gasteiger partial charge in [-0.1, -0.05) is 26.7 Å². The fourth-order valence-corrected chi connectivity index (χ4v) is 3.21. The maximum atomic E-state index is 12.2. The van der Waals surface area contributed by atoms with Gasteiger partial charge in [0.15, 0.2) is 0 Å². The Hall–Kier alpha value is -0.360. The van der Waals surface area contributed by atoms with Gasteiger partial charge in [0.25, 0.3) is 5.91 Å². The third kappa shape index (κ3) is 4.32. The molecule has 1 saturated carbocycles. The van der Waals surface area contributed by atoms with E-state index in [0.29, 0.717) is 18.2 Å². The molecule has 1 aliphatic carbocycles. The van der Waals surface area contributed by atoms with Crippen molar-refractivity contribution in [2.24, 2.45) is 5.73 Å². The van der Waals surface area contributed by atoms with Crippen LogP contribution in [0, 0.1) is 0 Å². The molecule has 0 aromatic carbocycles. The molecule has 116 valence electrons. The second-order valence-corrected chi connectivity index (χ2v) is 6.26. The number of amides is 1. The molecule has 1 aliphatic rings. The zero-order valence-electron chi connectivity index (χ0n) is 11.8. The van der Waals surface area contributed by atoms with Crippen LogP contribution < -0.4 is 11.1 Å². The number of hydrogen-bond acceptors (Lipinski definition) is 4. The van der Waals surface area contributed by atoms with Gasteiger partial charge >= 0.3 is 0 Å². The predicted octanol–water partition coefficient (Wildman–Crippen LogP) is 3.11. The highest BCUT2D eigenvalue weighted by atomic mass is 35.5. The van der Waals surface area contributed by atoms with Crippen LogP contribution in [-0.2, 0) is 0 Å². The SMILES string of the molecule is CC(C)c1nc(C(=O)NC2(CN)CCCC2)cs1.Cl.Cl. The van der Waals surface area contributed by atoms with Crippen LogP contribution in [0.2, 0.25) is 0 Å². The number of rotatable bonds is 4. The molecular formula is C13H23Cl2N3OS. The summed E-state index contributed by atoms with van der Waals surface area (Å²) < 4.78 is 0. The summed E-state index contributed by atoms with van der Waals surface area (Å²) in [6.45, 7) is 4.68. The molecular weight excluding hydrogens is 317 g/mol. The molecule has 0 aliphatic heterocycles. The Morgan fingerprint density at radius 3 is 2.50 bits per heavy atom. The van der Waals surface area contributed by atoms with Gasteiger partial charge < -0.3 is 11.1 Å². The third-order valence-corrected chi connectivity index (χ3v) is 4.72. The Morgan fingerprint density at radius 1 is 1.45 bits per heavy atom. The second-order valence-electron chi connectivity index (χ2n) is 5.37. The Morgan fingerprint density at radius 2 is 2.05 bits per heavy atom. The highest BCUT2D eigenvalue weighted by Crippen LogP contribution is 2.29. The minimum Gasteiger partial charge on any atom is -0.344 e. The van der Waals surface area contributed by atoms with E-state index in [1.54, 1.807) is 11.3 Å². The normalized spacial score (nSPS) is 16.4. The zero-order valence-corrected chi connectivity index (χ0v) is 14.3. The van der Waals surface area contributed by atoms with Gasteiger partial charge in [0.1, 0.15) is 5.69 Å². The zero-order chi connectivity index (χ0) is 13.2. The van der Waals surface area contributed by atoms with Gasteiger partial charge in [0, 0.05) is 17.8 Å². The van der Waals surface area contributed by atoms with E-state index in [1.165, 1.54) is 0 Å². The van der Waals surface area contributed by atoms with Crippen molar-refractivity contribution < 1.29 is 4.79 Å². The summed E-state index contributed by atoms with van der Waals surface area (Å²) in [6.07, 6.45) is 4.25. The fraction of sp³-hybridized carbons (Fsp3) is 0.692. The number of carbonyl (C=O) groups excluding carboxylic acids is 1. The van der Waals surface area contributed by atoms with Gasteiger partial charge in [-0.2, -0.15) is 0 Å². The Labute approximate surface area is 136 Å². The highest BCUT2D eigenvalue weighted by molar-refractivity contribution is 7.09. The summed E-state index contributed by atoms with van der Waals surface area (Å²) in [6, 6.07) is 0. The first-order chi connectivity index (χ1) is 8.56. The highest BCUT2D eigenvalue weighted by Gasteiger charge is 2.34. The number of nitrogens with two attached hydrogens (primary N) is 1. The molecule has 3 N–H and O–H groups in total. The summed E-state index contributed by atoms with van der Waals surface area (Å²) in [5.74, 6) is 0.289. The average molecular weight is 340 g/mol. The Kier molecular flexibility index (Phi) is 8.03. The monoisotopic (exact) mass is 339 g/mol. The van der Waals surface area contributed by atoms with Crippen molar-refractivity contribution in [2.45, 2.75) is 51.0 Å². The van der Waals surface area contributed by atoms with E-state index >= 15 is 0 Å². The third-order valence-electron chi connectivity index (χ3n) is 3.58. The smallest absolute Gasteiger partial charge is 0.271 e. The molecule has 0 radical (unpaired) electrons. The lowest BCUT2D eigenvalue weighted by atomic mass is 9.98. The summed E-state index contributed by atoms with van der Waals surface area (Å²) >= 11 is 1.55. The van der Waals surface area contributed by atoms with Crippen LogP contribution in [-0.4, -0.2) is 23.0 Å². The molecule has 0 saturated heterocycles. The number of nitrogens with zero attached hydrogens (tertiary/aromatic N) is 1. The Bertz CT molecular complexity index is 431. The van der Waals surface area contributed by atoms with E-state index in [9.17, 15) is 4.79 Å². The first-order valence-corrected chi connectivity index (χ1v) is 7.42. The van der Waals surface area contributed by atoms with Gasteiger partial charge in [-0.15, -0.1) is 36.2 Å². The molecule has 0 atom stereocenters. The molecule has 20 heavy (non-hydrogen) atoms. The van der Waals surface area contributed by atoms with Crippen molar-refractivity contribution in [1.82, 2.24) is 10.3 Å². The second kappa shape index (κ2) is 8.17. The van der Waals surface area contributed by atoms with Crippen LogP contribution in [0.25, 0.3) is 0 Å². The van der Waals surface area contributed by atoms with E-state index in [4.69, 9.17) is 5.73 Å². The first kappa shape index (κ1) is 19.6. The molecule has 0 unspecified atom stereocenters. The van der Waals surface area contributed by atoms with E-state index in [2.05, 4.69) is 24.1 Å². The van der Waals surface area contributed by atoms with Gasteiger partial charge in [0.05, 0.1) is 10.5 Å². The van der Waals surface area contributed by atoms with Crippen LogP contribution in [0.4, 0.5) is 0 Å². The van der Waals surface area contributed by atoms with Crippen LogP contribution >= 0.6 is 36.2 Å². The van der Waals surface area contributed by atoms with Crippen molar-refractivity contribution in [2.75, 3.05) is 6.54 Å². The largest absolute Gasteiger partial charge is 0.344 e. The van der Waals surface area contributed by atoms with Gasteiger partial charge in [-0.25, -0.2) is 4.98 Å². The maximum Gasteiger partial charge on any atom is 0.271 e. The van der Waals surface area contributed by atoms with Crippen molar-refractivity contribution >= 4 is 42.1 Å². The summed E-state index contributed by atoms with van der Waals surface area (Å²) in [7, 11) is 0. The summed E-state index contributed by atoms with van der Waals surface area (Å²) in [5.41, 5.74) is 6.15. The van der Waals surface area contributed by atoms with Crippen molar-refractivity contribution in [1.29, 1.82) is 0 Å². The number of halogens is 2. The summed E-state index contributed by atoms with van der Waals surface area (Å²) in [4.78, 5) is 16.6. The molecule has 7 heteroatoms. The standard InChI is InChI=1S/C13H21N3OS.2ClH/c1-9(2)12-15-10(7-18-12)11(17)16-13(8-14)5-3-4-6-13;;/h7,9H,3-6,8,14H2,1-2H3,(H,16,17);2*1H. The minimum absolute atomic E-state index is 0. The lowest BCUT2D eigenvalue weighted by Gasteiger charge is -2.28. The van der Waals surface area contributed by atoms with E-state index in [-0.39, 0.29) is 36.3 Å². The molecule has 2 rings (SSSR count). The molecule has 1 aromatic heterocycles. The predicted molar refractivity (Wildman–Crippen MR) is 88.4 cm³/mol. The molecule has 1 aromatic rings. The van der Waals surface area contributed by atoms with Crippen LogP contribution in [0.15, 0.2) is 5.38 Å². The van der Waals surface area contributed by atoms with Crippen LogP contribution in [0.5, 0.6) is 0 Å². The van der Waals surface area contributed by atoms with Gasteiger partial charge in [-0.05, 0) is 12.8 Å². The van der Waals surface area contributed by atoms with Crippen molar-refractivity contribution in [3.63, 3.8) is 0 Å². The lowest BCUT2D eigenvalue weighted by molar-refractivity contribution is 0.0898. The van der Waals surface area contributed by atoms with Crippen molar-refractivity contribution in [3.8, 4) is 0 Å². The molecule has 0 bridgehead atoms. The van der Waals surface area contributed by atoms with E-state index < -0.39 is 0 Å². The van der Waals surface area contributed by atoms with Crippen LogP contribution in [0.3, 0.4) is 0 Å². The van der Waals surface area contributed by atoms with E-state index in [1.807, 2.05) is 5.38 Å². The van der Waals surface area contributed by atoms with Crippen molar-refractivity contribution in [3.05, 3.63) is 16.1 Å². The quantitative estimate of drug-likeness (QED) is 0.885. The molecule has 4 nitrogen and oxygen atoms in total. The lowest BCUT2D eigenvalue weighted by Crippen LogP contribution is -2.51.